The highest BCUT2D eigenvalue weighted by Gasteiger charge is 2.73. The Morgan fingerprint density at radius 3 is 2.66 bits per heavy atom. The Bertz CT molecular complexity index is 925. The summed E-state index contributed by atoms with van der Waals surface area (Å²) in [5.74, 6) is -2.93. The van der Waals surface area contributed by atoms with E-state index >= 15 is 0 Å². The molecule has 2 unspecified atom stereocenters. The van der Waals surface area contributed by atoms with Crippen LogP contribution in [-0.2, 0) is 14.4 Å². The summed E-state index contributed by atoms with van der Waals surface area (Å²) >= 11 is 7.54. The van der Waals surface area contributed by atoms with E-state index < -0.39 is 28.6 Å². The molecule has 3 aliphatic rings. The third-order valence-corrected chi connectivity index (χ3v) is 9.05. The fraction of sp³-hybridized carbons (Fsp3) is 0.522. The average Bonchev–Trinajstić information content (AvgIpc) is 3.40. The predicted octanol–water partition coefficient (Wildman–Crippen LogP) is 2.81. The summed E-state index contributed by atoms with van der Waals surface area (Å²) in [6, 6.07) is 6.16. The van der Waals surface area contributed by atoms with E-state index in [0.29, 0.717) is 42.9 Å². The second kappa shape index (κ2) is 9.08. The molecule has 3 saturated heterocycles. The van der Waals surface area contributed by atoms with Gasteiger partial charge in [-0.1, -0.05) is 17.7 Å². The third kappa shape index (κ3) is 3.62. The number of carboxylic acids is 1. The molecular weight excluding hydrogens is 452 g/mol. The van der Waals surface area contributed by atoms with E-state index in [2.05, 4.69) is 6.58 Å². The van der Waals surface area contributed by atoms with Crippen molar-refractivity contribution in [3.63, 3.8) is 0 Å². The summed E-state index contributed by atoms with van der Waals surface area (Å²) in [6.07, 6.45) is 4.00. The Kier molecular flexibility index (Phi) is 6.56. The number of hydrogen-bond acceptors (Lipinski definition) is 5. The number of aliphatic hydroxyl groups excluding tert-OH is 1. The van der Waals surface area contributed by atoms with Gasteiger partial charge in [-0.2, -0.15) is 0 Å². The minimum atomic E-state index is -0.966. The lowest BCUT2D eigenvalue weighted by molar-refractivity contribution is -0.148. The van der Waals surface area contributed by atoms with Crippen molar-refractivity contribution in [3.05, 3.63) is 41.9 Å². The Morgan fingerprint density at radius 2 is 2.03 bits per heavy atom. The van der Waals surface area contributed by atoms with Crippen molar-refractivity contribution < 1.29 is 24.6 Å². The highest BCUT2D eigenvalue weighted by atomic mass is 35.5. The molecule has 32 heavy (non-hydrogen) atoms. The number of fused-ring (bicyclic) bond motifs is 1. The molecule has 1 aromatic carbocycles. The van der Waals surface area contributed by atoms with Crippen LogP contribution in [0.25, 0.3) is 0 Å². The van der Waals surface area contributed by atoms with Gasteiger partial charge in [0.25, 0.3) is 5.91 Å². The number of likely N-dealkylation sites (tertiary alicyclic amines) is 1. The van der Waals surface area contributed by atoms with Crippen molar-refractivity contribution in [1.82, 2.24) is 4.90 Å². The van der Waals surface area contributed by atoms with Gasteiger partial charge in [-0.15, -0.1) is 18.3 Å². The van der Waals surface area contributed by atoms with Gasteiger partial charge < -0.3 is 20.0 Å². The SMILES string of the molecule is C=CCN(C(=O)C1N(CCCCO)C(=O)[C@@H]2[C@@H](C(=O)O)[C@H]3CCC12S3)c1ccc(Cl)cc1. The molecule has 2 N–H and O–H groups in total. The fourth-order valence-corrected chi connectivity index (χ4v) is 7.90. The molecule has 0 radical (unpaired) electrons. The number of carboxylic acid groups (broad SMARTS) is 1. The molecule has 0 saturated carbocycles. The number of halogens is 1. The third-order valence-electron chi connectivity index (χ3n) is 6.84. The van der Waals surface area contributed by atoms with Crippen LogP contribution in [-0.4, -0.2) is 68.6 Å². The van der Waals surface area contributed by atoms with Crippen LogP contribution >= 0.6 is 23.4 Å². The van der Waals surface area contributed by atoms with E-state index in [-0.39, 0.29) is 30.2 Å². The van der Waals surface area contributed by atoms with E-state index in [0.717, 1.165) is 0 Å². The van der Waals surface area contributed by atoms with Gasteiger partial charge in [0.15, 0.2) is 0 Å². The Morgan fingerprint density at radius 1 is 1.31 bits per heavy atom. The minimum absolute atomic E-state index is 0.00282. The number of anilines is 1. The van der Waals surface area contributed by atoms with Crippen LogP contribution in [0.15, 0.2) is 36.9 Å². The molecule has 2 amide bonds. The number of aliphatic carboxylic acids is 1. The van der Waals surface area contributed by atoms with Crippen LogP contribution in [0.5, 0.6) is 0 Å². The Labute approximate surface area is 196 Å². The monoisotopic (exact) mass is 478 g/mol. The first-order valence-corrected chi connectivity index (χ1v) is 12.1. The first kappa shape index (κ1) is 23.1. The van der Waals surface area contributed by atoms with Crippen LogP contribution in [0.4, 0.5) is 5.69 Å². The summed E-state index contributed by atoms with van der Waals surface area (Å²) < 4.78 is -0.743. The number of unbranched alkanes of at least 4 members (excludes halogenated alkanes) is 1. The van der Waals surface area contributed by atoms with E-state index in [1.807, 2.05) is 0 Å². The molecular formula is C23H27ClN2O5S. The van der Waals surface area contributed by atoms with Gasteiger partial charge in [-0.25, -0.2) is 0 Å². The quantitative estimate of drug-likeness (QED) is 0.418. The molecule has 3 aliphatic heterocycles. The summed E-state index contributed by atoms with van der Waals surface area (Å²) in [5.41, 5.74) is 0.647. The smallest absolute Gasteiger partial charge is 0.308 e. The normalized spacial score (nSPS) is 30.4. The summed E-state index contributed by atoms with van der Waals surface area (Å²) in [4.78, 5) is 42.8. The van der Waals surface area contributed by atoms with Gasteiger partial charge in [-0.3, -0.25) is 14.4 Å². The number of rotatable bonds is 9. The van der Waals surface area contributed by atoms with E-state index in [1.165, 1.54) is 11.8 Å². The molecule has 3 heterocycles. The first-order valence-electron chi connectivity index (χ1n) is 10.9. The lowest BCUT2D eigenvalue weighted by Gasteiger charge is -2.37. The van der Waals surface area contributed by atoms with E-state index in [4.69, 9.17) is 11.6 Å². The maximum absolute atomic E-state index is 14.1. The summed E-state index contributed by atoms with van der Waals surface area (Å²) in [5, 5.41) is 19.5. The number of carbonyl (C=O) groups excluding carboxylic acids is 2. The molecule has 5 atom stereocenters. The van der Waals surface area contributed by atoms with Crippen LogP contribution in [0, 0.1) is 11.8 Å². The standard InChI is InChI=1S/C23H27ClN2O5S/c1-2-11-25(15-7-5-14(24)6-8-15)21(29)19-23-10-9-16(32-23)17(22(30)31)18(23)20(28)26(19)12-3-4-13-27/h2,5-8,16-19,27H,1,3-4,9-13H2,(H,30,31)/t16-,17+,18+,19?,23?/m1/s1. The van der Waals surface area contributed by atoms with Gasteiger partial charge >= 0.3 is 5.97 Å². The van der Waals surface area contributed by atoms with Gasteiger partial charge in [0, 0.05) is 35.7 Å². The first-order chi connectivity index (χ1) is 15.4. The Hall–Kier alpha value is -2.03. The zero-order valence-corrected chi connectivity index (χ0v) is 19.2. The molecule has 4 rings (SSSR count). The molecule has 1 aromatic rings. The average molecular weight is 479 g/mol. The molecule has 0 aliphatic carbocycles. The lowest BCUT2D eigenvalue weighted by atomic mass is 9.71. The van der Waals surface area contributed by atoms with Crippen molar-refractivity contribution >= 4 is 46.8 Å². The van der Waals surface area contributed by atoms with Crippen LogP contribution in [0.1, 0.15) is 25.7 Å². The van der Waals surface area contributed by atoms with Crippen molar-refractivity contribution in [3.8, 4) is 0 Å². The highest BCUT2D eigenvalue weighted by molar-refractivity contribution is 8.02. The van der Waals surface area contributed by atoms with Crippen molar-refractivity contribution in [2.24, 2.45) is 11.8 Å². The molecule has 0 aromatic heterocycles. The molecule has 3 fully saturated rings. The second-order valence-corrected chi connectivity index (χ2v) is 10.6. The maximum Gasteiger partial charge on any atom is 0.308 e. The van der Waals surface area contributed by atoms with Gasteiger partial charge in [0.05, 0.1) is 16.6 Å². The van der Waals surface area contributed by atoms with E-state index in [9.17, 15) is 24.6 Å². The van der Waals surface area contributed by atoms with Crippen LogP contribution in [0.2, 0.25) is 5.02 Å². The topological polar surface area (TPSA) is 98.2 Å². The molecule has 9 heteroatoms. The number of thioether (sulfide) groups is 1. The lowest BCUT2D eigenvalue weighted by Crippen LogP contribution is -2.55. The summed E-state index contributed by atoms with van der Waals surface area (Å²) in [6.45, 7) is 4.35. The van der Waals surface area contributed by atoms with Crippen LogP contribution < -0.4 is 4.90 Å². The fourth-order valence-electron chi connectivity index (χ4n) is 5.57. The van der Waals surface area contributed by atoms with Crippen molar-refractivity contribution in [2.75, 3.05) is 24.6 Å². The van der Waals surface area contributed by atoms with Gasteiger partial charge in [0.1, 0.15) is 6.04 Å². The summed E-state index contributed by atoms with van der Waals surface area (Å²) in [7, 11) is 0. The molecule has 7 nitrogen and oxygen atoms in total. The zero-order chi connectivity index (χ0) is 23.0. The highest BCUT2D eigenvalue weighted by Crippen LogP contribution is 2.66. The Balaban J connectivity index is 1.74. The van der Waals surface area contributed by atoms with Crippen LogP contribution in [0.3, 0.4) is 0 Å². The number of amides is 2. The number of carbonyl (C=O) groups is 3. The zero-order valence-electron chi connectivity index (χ0n) is 17.7. The number of aliphatic hydroxyl groups is 1. The maximum atomic E-state index is 14.1. The van der Waals surface area contributed by atoms with Crippen molar-refractivity contribution in [1.29, 1.82) is 0 Å². The molecule has 172 valence electrons. The van der Waals surface area contributed by atoms with Gasteiger partial charge in [-0.05, 0) is 49.9 Å². The number of hydrogen-bond donors (Lipinski definition) is 2. The van der Waals surface area contributed by atoms with E-state index in [1.54, 1.807) is 40.1 Å². The minimum Gasteiger partial charge on any atom is -0.481 e. The largest absolute Gasteiger partial charge is 0.481 e. The van der Waals surface area contributed by atoms with Crippen molar-refractivity contribution in [2.45, 2.75) is 41.7 Å². The van der Waals surface area contributed by atoms with Gasteiger partial charge in [0.2, 0.25) is 5.91 Å². The molecule has 1 spiro atoms. The predicted molar refractivity (Wildman–Crippen MR) is 124 cm³/mol. The second-order valence-electron chi connectivity index (χ2n) is 8.57. The molecule has 2 bridgehead atoms. The number of nitrogens with zero attached hydrogens (tertiary/aromatic N) is 2. The number of benzene rings is 1.